The second-order valence-electron chi connectivity index (χ2n) is 9.92. The van der Waals surface area contributed by atoms with Crippen molar-refractivity contribution in [2.75, 3.05) is 39.1 Å². The van der Waals surface area contributed by atoms with Crippen LogP contribution in [0, 0.1) is 6.92 Å². The van der Waals surface area contributed by atoms with Crippen LogP contribution in [0.5, 0.6) is 11.5 Å². The fourth-order valence-corrected chi connectivity index (χ4v) is 4.89. The van der Waals surface area contributed by atoms with Gasteiger partial charge in [0.1, 0.15) is 53.9 Å². The Kier molecular flexibility index (Phi) is 7.97. The zero-order valence-corrected chi connectivity index (χ0v) is 22.9. The molecule has 0 spiro atoms. The van der Waals surface area contributed by atoms with Crippen LogP contribution in [0.15, 0.2) is 53.3 Å². The number of likely N-dealkylation sites (N-methyl/N-ethyl adjacent to an activating group) is 1. The van der Waals surface area contributed by atoms with E-state index in [1.165, 1.54) is 6.33 Å². The largest absolute Gasteiger partial charge is 0.490 e. The molecule has 0 bridgehead atoms. The number of carbonyl (C=O) groups is 1. The van der Waals surface area contributed by atoms with Gasteiger partial charge in [0, 0.05) is 11.8 Å². The Morgan fingerprint density at radius 1 is 1.18 bits per heavy atom. The molecule has 3 heterocycles. The van der Waals surface area contributed by atoms with Crippen LogP contribution in [0.2, 0.25) is 5.02 Å². The van der Waals surface area contributed by atoms with Gasteiger partial charge in [0.05, 0.1) is 22.5 Å². The predicted molar refractivity (Wildman–Crippen MR) is 149 cm³/mol. The molecule has 0 saturated carbocycles. The first kappa shape index (κ1) is 26.9. The molecule has 1 atom stereocenters. The Bertz CT molecular complexity index is 1460. The van der Waals surface area contributed by atoms with E-state index in [9.17, 15) is 4.79 Å². The highest BCUT2D eigenvalue weighted by Crippen LogP contribution is 2.35. The number of halogens is 1. The molecule has 0 aliphatic carbocycles. The van der Waals surface area contributed by atoms with Crippen molar-refractivity contribution in [1.82, 2.24) is 25.3 Å². The van der Waals surface area contributed by atoms with E-state index < -0.39 is 5.54 Å². The number of rotatable bonds is 11. The first-order chi connectivity index (χ1) is 18.8. The smallest absolute Gasteiger partial charge is 0.170 e. The maximum atomic E-state index is 13.1. The summed E-state index contributed by atoms with van der Waals surface area (Å²) in [4.78, 5) is 23.9. The van der Waals surface area contributed by atoms with Crippen molar-refractivity contribution >= 4 is 39.8 Å². The highest BCUT2D eigenvalue weighted by Gasteiger charge is 2.41. The molecule has 10 nitrogen and oxygen atoms in total. The van der Waals surface area contributed by atoms with Crippen molar-refractivity contribution in [1.29, 1.82) is 0 Å². The van der Waals surface area contributed by atoms with Crippen LogP contribution in [0.1, 0.15) is 24.3 Å². The lowest BCUT2D eigenvalue weighted by atomic mass is 9.92. The topological polar surface area (TPSA) is 115 Å². The summed E-state index contributed by atoms with van der Waals surface area (Å²) in [6, 6.07) is 12.8. The minimum Gasteiger partial charge on any atom is -0.490 e. The molecule has 0 radical (unpaired) electrons. The lowest BCUT2D eigenvalue weighted by Gasteiger charge is -2.29. The number of hydrogen-bond acceptors (Lipinski definition) is 10. The molecule has 5 rings (SSSR count). The van der Waals surface area contributed by atoms with Gasteiger partial charge >= 0.3 is 0 Å². The van der Waals surface area contributed by atoms with Crippen molar-refractivity contribution in [3.63, 3.8) is 0 Å². The maximum absolute atomic E-state index is 13.1. The van der Waals surface area contributed by atoms with Crippen LogP contribution in [0.4, 0.5) is 11.5 Å². The quantitative estimate of drug-likeness (QED) is 0.276. The lowest BCUT2D eigenvalue weighted by molar-refractivity contribution is -0.126. The molecule has 1 aliphatic rings. The van der Waals surface area contributed by atoms with Crippen LogP contribution in [-0.2, 0) is 11.4 Å². The van der Waals surface area contributed by atoms with E-state index in [4.69, 9.17) is 25.6 Å². The molecule has 2 aromatic heterocycles. The molecule has 204 valence electrons. The second kappa shape index (κ2) is 11.6. The van der Waals surface area contributed by atoms with Crippen LogP contribution in [0.25, 0.3) is 10.9 Å². The summed E-state index contributed by atoms with van der Waals surface area (Å²) >= 11 is 6.51. The van der Waals surface area contributed by atoms with Crippen LogP contribution < -0.4 is 20.1 Å². The average molecular weight is 551 g/mol. The molecule has 1 fully saturated rings. The number of fused-ring (bicyclic) bond motifs is 1. The van der Waals surface area contributed by atoms with Gasteiger partial charge in [0.25, 0.3) is 0 Å². The molecule has 2 aromatic carbocycles. The first-order valence-electron chi connectivity index (χ1n) is 12.7. The number of Topliss-reactive ketones (excluding diaryl/α,β-unsaturated/α-hetero) is 1. The monoisotopic (exact) mass is 550 g/mol. The molecular formula is C28H31ClN6O4. The Labute approximate surface area is 231 Å². The van der Waals surface area contributed by atoms with Crippen molar-refractivity contribution in [3.05, 3.63) is 65.3 Å². The van der Waals surface area contributed by atoms with E-state index in [1.54, 1.807) is 12.1 Å². The fourth-order valence-electron chi connectivity index (χ4n) is 4.65. The number of ketones is 1. The number of anilines is 2. The number of hydrogen-bond donors (Lipinski definition) is 2. The summed E-state index contributed by atoms with van der Waals surface area (Å²) in [7, 11) is 3.79. The third kappa shape index (κ3) is 6.13. The standard InChI is InChI=1S/C28H31ClN6O4/c1-18-12-20(34-39-18)15-37-23-9-8-19(13-21(23)29)33-27-26-22(30-17-31-27)6-4-7-24(26)38-16-28(10-5-11-32-28)25(36)14-35(2)3/h4,6-9,12-13,17,32H,5,10-11,14-16H2,1-3H3,(H,30,31,33)/t28-/m1/s1. The molecule has 39 heavy (non-hydrogen) atoms. The van der Waals surface area contributed by atoms with E-state index in [2.05, 4.69) is 25.8 Å². The summed E-state index contributed by atoms with van der Waals surface area (Å²) in [5.74, 6) is 2.52. The highest BCUT2D eigenvalue weighted by atomic mass is 35.5. The van der Waals surface area contributed by atoms with Gasteiger partial charge in [-0.25, -0.2) is 9.97 Å². The van der Waals surface area contributed by atoms with Crippen molar-refractivity contribution in [2.45, 2.75) is 31.9 Å². The van der Waals surface area contributed by atoms with Crippen molar-refractivity contribution < 1.29 is 18.8 Å². The third-order valence-corrected chi connectivity index (χ3v) is 6.88. The summed E-state index contributed by atoms with van der Waals surface area (Å²) in [6.45, 7) is 3.42. The number of nitrogens with zero attached hydrogens (tertiary/aromatic N) is 4. The number of benzene rings is 2. The molecular weight excluding hydrogens is 520 g/mol. The minimum absolute atomic E-state index is 0.121. The van der Waals surface area contributed by atoms with Crippen molar-refractivity contribution in [2.24, 2.45) is 0 Å². The Balaban J connectivity index is 1.35. The zero-order valence-electron chi connectivity index (χ0n) is 22.2. The summed E-state index contributed by atoms with van der Waals surface area (Å²) in [5, 5.41) is 11.8. The Morgan fingerprint density at radius 3 is 2.77 bits per heavy atom. The summed E-state index contributed by atoms with van der Waals surface area (Å²) in [5.41, 5.74) is 1.40. The second-order valence-corrected chi connectivity index (χ2v) is 10.3. The SMILES string of the molecule is Cc1cc(COc2ccc(Nc3ncnc4cccc(OC[C@@]5(C(=O)CN(C)C)CCCN5)c34)cc2Cl)no1. The molecule has 4 aromatic rings. The van der Waals surface area contributed by atoms with E-state index in [-0.39, 0.29) is 19.0 Å². The Morgan fingerprint density at radius 2 is 2.05 bits per heavy atom. The Hall–Kier alpha value is -3.73. The number of carbonyl (C=O) groups excluding carboxylic acids is 1. The van der Waals surface area contributed by atoms with Crippen molar-refractivity contribution in [3.8, 4) is 11.5 Å². The van der Waals surface area contributed by atoms with Gasteiger partial charge in [-0.2, -0.15) is 0 Å². The molecule has 1 saturated heterocycles. The summed E-state index contributed by atoms with van der Waals surface area (Å²) < 4.78 is 17.2. The van der Waals surface area contributed by atoms with Gasteiger partial charge in [0.15, 0.2) is 5.78 Å². The number of ether oxygens (including phenoxy) is 2. The zero-order chi connectivity index (χ0) is 27.4. The minimum atomic E-state index is -0.719. The molecule has 11 heteroatoms. The van der Waals surface area contributed by atoms with Gasteiger partial charge in [-0.3, -0.25) is 4.79 Å². The van der Waals surface area contributed by atoms with E-state index in [0.717, 1.165) is 30.8 Å². The van der Waals surface area contributed by atoms with Gasteiger partial charge in [-0.05, 0) is 70.7 Å². The third-order valence-electron chi connectivity index (χ3n) is 6.58. The van der Waals surface area contributed by atoms with Gasteiger partial charge < -0.3 is 29.5 Å². The summed E-state index contributed by atoms with van der Waals surface area (Å²) in [6.07, 6.45) is 3.15. The molecule has 2 N–H and O–H groups in total. The number of nitrogens with one attached hydrogen (secondary N) is 2. The fraction of sp³-hybridized carbons (Fsp3) is 0.357. The highest BCUT2D eigenvalue weighted by molar-refractivity contribution is 6.32. The normalized spacial score (nSPS) is 17.1. The number of aryl methyl sites for hydroxylation is 1. The molecule has 1 aliphatic heterocycles. The van der Waals surface area contributed by atoms with Gasteiger partial charge in [-0.15, -0.1) is 0 Å². The van der Waals surface area contributed by atoms with Gasteiger partial charge in [0.2, 0.25) is 0 Å². The van der Waals surface area contributed by atoms with Crippen LogP contribution >= 0.6 is 11.6 Å². The number of aromatic nitrogens is 3. The van der Waals surface area contributed by atoms with Crippen LogP contribution in [-0.4, -0.2) is 65.1 Å². The molecule has 0 unspecified atom stereocenters. The maximum Gasteiger partial charge on any atom is 0.170 e. The lowest BCUT2D eigenvalue weighted by Crippen LogP contribution is -2.55. The van der Waals surface area contributed by atoms with Gasteiger partial charge in [-0.1, -0.05) is 22.8 Å². The van der Waals surface area contributed by atoms with E-state index >= 15 is 0 Å². The van der Waals surface area contributed by atoms with E-state index in [1.807, 2.05) is 56.3 Å². The average Bonchev–Trinajstić information content (AvgIpc) is 3.56. The van der Waals surface area contributed by atoms with E-state index in [0.29, 0.717) is 45.5 Å². The predicted octanol–water partition coefficient (Wildman–Crippen LogP) is 4.53. The van der Waals surface area contributed by atoms with Crippen LogP contribution in [0.3, 0.4) is 0 Å². The first-order valence-corrected chi connectivity index (χ1v) is 13.1. The molecule has 0 amide bonds.